The molecule has 0 spiro atoms. The summed E-state index contributed by atoms with van der Waals surface area (Å²) >= 11 is 0. The van der Waals surface area contributed by atoms with Gasteiger partial charge in [0.25, 0.3) is 11.6 Å². The van der Waals surface area contributed by atoms with E-state index in [2.05, 4.69) is 0 Å². The smallest absolute Gasteiger partial charge is 0.341 e. The maximum Gasteiger partial charge on any atom is 0.341 e. The van der Waals surface area contributed by atoms with E-state index in [4.69, 9.17) is 4.74 Å². The Kier molecular flexibility index (Phi) is 5.65. The molecule has 0 bridgehead atoms. The Bertz CT molecular complexity index is 984. The molecule has 2 aliphatic heterocycles. The topological polar surface area (TPSA) is 93.0 Å². The molecule has 156 valence electrons. The first-order valence-electron chi connectivity index (χ1n) is 10.1. The van der Waals surface area contributed by atoms with Crippen LogP contribution in [0.25, 0.3) is 0 Å². The number of para-hydroxylation sites is 1. The number of nitrogens with zero attached hydrogens (tertiary/aromatic N) is 3. The van der Waals surface area contributed by atoms with Crippen LogP contribution in [0.2, 0.25) is 0 Å². The van der Waals surface area contributed by atoms with Crippen molar-refractivity contribution in [2.75, 3.05) is 36.0 Å². The van der Waals surface area contributed by atoms with Gasteiger partial charge in [-0.05, 0) is 43.4 Å². The van der Waals surface area contributed by atoms with Crippen LogP contribution >= 0.6 is 0 Å². The molecule has 0 aliphatic carbocycles. The first-order chi connectivity index (χ1) is 14.5. The average molecular weight is 409 g/mol. The summed E-state index contributed by atoms with van der Waals surface area (Å²) in [4.78, 5) is 39.8. The summed E-state index contributed by atoms with van der Waals surface area (Å²) in [5, 5.41) is 11.2. The van der Waals surface area contributed by atoms with Crippen LogP contribution in [0.15, 0.2) is 42.5 Å². The van der Waals surface area contributed by atoms with Crippen molar-refractivity contribution in [2.45, 2.75) is 25.7 Å². The third-order valence-corrected chi connectivity index (χ3v) is 5.60. The number of nitro benzene ring substituents is 1. The van der Waals surface area contributed by atoms with Gasteiger partial charge in [-0.3, -0.25) is 14.9 Å². The van der Waals surface area contributed by atoms with E-state index < -0.39 is 17.5 Å². The fourth-order valence-corrected chi connectivity index (χ4v) is 4.11. The number of hydrogen-bond acceptors (Lipinski definition) is 6. The predicted octanol–water partition coefficient (Wildman–Crippen LogP) is 3.33. The number of esters is 1. The van der Waals surface area contributed by atoms with Crippen molar-refractivity contribution in [2.24, 2.45) is 0 Å². The zero-order chi connectivity index (χ0) is 21.1. The van der Waals surface area contributed by atoms with Gasteiger partial charge in [-0.2, -0.15) is 0 Å². The molecule has 0 aromatic heterocycles. The highest BCUT2D eigenvalue weighted by atomic mass is 16.6. The molecular weight excluding hydrogens is 386 g/mol. The number of nitro groups is 1. The van der Waals surface area contributed by atoms with Crippen molar-refractivity contribution in [3.8, 4) is 0 Å². The van der Waals surface area contributed by atoms with Crippen LogP contribution in [0.1, 0.15) is 35.2 Å². The molecule has 0 atom stereocenters. The molecule has 4 rings (SSSR count). The zero-order valence-corrected chi connectivity index (χ0v) is 16.6. The predicted molar refractivity (Wildman–Crippen MR) is 112 cm³/mol. The van der Waals surface area contributed by atoms with Crippen molar-refractivity contribution in [3.05, 3.63) is 63.7 Å². The summed E-state index contributed by atoms with van der Waals surface area (Å²) in [6.07, 6.45) is 3.75. The number of carbonyl (C=O) groups is 2. The largest absolute Gasteiger partial charge is 0.452 e. The monoisotopic (exact) mass is 409 g/mol. The summed E-state index contributed by atoms with van der Waals surface area (Å²) in [5.41, 5.74) is 2.49. The molecule has 1 saturated heterocycles. The Morgan fingerprint density at radius 2 is 1.77 bits per heavy atom. The first kappa shape index (κ1) is 19.9. The van der Waals surface area contributed by atoms with Crippen LogP contribution < -0.4 is 9.80 Å². The van der Waals surface area contributed by atoms with Crippen LogP contribution in [-0.2, 0) is 16.0 Å². The number of anilines is 2. The van der Waals surface area contributed by atoms with E-state index >= 15 is 0 Å². The van der Waals surface area contributed by atoms with E-state index in [1.165, 1.54) is 12.1 Å². The number of ether oxygens (including phenoxy) is 1. The van der Waals surface area contributed by atoms with Gasteiger partial charge < -0.3 is 14.5 Å². The van der Waals surface area contributed by atoms with Crippen LogP contribution in [0.3, 0.4) is 0 Å². The van der Waals surface area contributed by atoms with E-state index in [-0.39, 0.29) is 17.2 Å². The first-order valence-corrected chi connectivity index (χ1v) is 10.1. The Morgan fingerprint density at radius 3 is 2.53 bits per heavy atom. The number of carbonyl (C=O) groups excluding carboxylic acids is 2. The average Bonchev–Trinajstić information content (AvgIpc) is 3.31. The number of amides is 1. The molecule has 2 aromatic rings. The molecule has 2 aliphatic rings. The lowest BCUT2D eigenvalue weighted by Gasteiger charge is -2.29. The molecule has 0 unspecified atom stereocenters. The minimum absolute atomic E-state index is 0.123. The van der Waals surface area contributed by atoms with Crippen LogP contribution in [0, 0.1) is 10.1 Å². The number of non-ortho nitro benzene ring substituents is 1. The van der Waals surface area contributed by atoms with Gasteiger partial charge in [0, 0.05) is 37.5 Å². The second-order valence-electron chi connectivity index (χ2n) is 7.51. The SMILES string of the molecule is O=C(OCC(=O)N1CCCc2ccccc21)c1cc([N+](=O)[O-])ccc1N1CCCC1. The molecule has 30 heavy (non-hydrogen) atoms. The van der Waals surface area contributed by atoms with Gasteiger partial charge in [0.1, 0.15) is 0 Å². The normalized spacial score (nSPS) is 15.6. The van der Waals surface area contributed by atoms with E-state index in [0.29, 0.717) is 12.2 Å². The maximum atomic E-state index is 12.8. The quantitative estimate of drug-likeness (QED) is 0.427. The summed E-state index contributed by atoms with van der Waals surface area (Å²) < 4.78 is 5.31. The van der Waals surface area contributed by atoms with E-state index in [9.17, 15) is 19.7 Å². The summed E-state index contributed by atoms with van der Waals surface area (Å²) in [6.45, 7) is 1.72. The molecule has 0 radical (unpaired) electrons. The number of rotatable bonds is 5. The van der Waals surface area contributed by atoms with Gasteiger partial charge in [-0.25, -0.2) is 4.79 Å². The second-order valence-corrected chi connectivity index (χ2v) is 7.51. The molecule has 0 saturated carbocycles. The summed E-state index contributed by atoms with van der Waals surface area (Å²) in [5.74, 6) is -1.03. The summed E-state index contributed by atoms with van der Waals surface area (Å²) in [6, 6.07) is 11.9. The Balaban J connectivity index is 1.51. The fraction of sp³-hybridized carbons (Fsp3) is 0.364. The van der Waals surface area contributed by atoms with E-state index in [1.807, 2.05) is 29.2 Å². The molecule has 1 fully saturated rings. The van der Waals surface area contributed by atoms with Gasteiger partial charge in [-0.15, -0.1) is 0 Å². The molecule has 2 heterocycles. The Hall–Kier alpha value is -3.42. The third-order valence-electron chi connectivity index (χ3n) is 5.60. The summed E-state index contributed by atoms with van der Waals surface area (Å²) in [7, 11) is 0. The Morgan fingerprint density at radius 1 is 1.00 bits per heavy atom. The zero-order valence-electron chi connectivity index (χ0n) is 16.6. The molecular formula is C22H23N3O5. The molecule has 2 aromatic carbocycles. The lowest BCUT2D eigenvalue weighted by atomic mass is 10.0. The van der Waals surface area contributed by atoms with Crippen molar-refractivity contribution >= 4 is 28.9 Å². The van der Waals surface area contributed by atoms with Gasteiger partial charge in [-0.1, -0.05) is 18.2 Å². The standard InChI is InChI=1S/C22H23N3O5/c26-21(24-13-5-7-16-6-1-2-8-19(16)24)15-30-22(27)18-14-17(25(28)29)9-10-20(18)23-11-3-4-12-23/h1-2,6,8-10,14H,3-5,7,11-13,15H2. The van der Waals surface area contributed by atoms with E-state index in [1.54, 1.807) is 11.0 Å². The molecule has 8 nitrogen and oxygen atoms in total. The lowest BCUT2D eigenvalue weighted by molar-refractivity contribution is -0.384. The van der Waals surface area contributed by atoms with Gasteiger partial charge in [0.2, 0.25) is 0 Å². The van der Waals surface area contributed by atoms with Crippen molar-refractivity contribution in [3.63, 3.8) is 0 Å². The highest BCUT2D eigenvalue weighted by Gasteiger charge is 2.26. The maximum absolute atomic E-state index is 12.8. The van der Waals surface area contributed by atoms with Crippen molar-refractivity contribution in [1.82, 2.24) is 0 Å². The Labute approximate surface area is 174 Å². The number of fused-ring (bicyclic) bond motifs is 1. The van der Waals surface area contributed by atoms with E-state index in [0.717, 1.165) is 50.0 Å². The molecule has 1 amide bonds. The second kappa shape index (κ2) is 8.52. The number of aryl methyl sites for hydroxylation is 1. The molecule has 0 N–H and O–H groups in total. The molecule has 8 heteroatoms. The van der Waals surface area contributed by atoms with Gasteiger partial charge in [0.15, 0.2) is 6.61 Å². The number of benzene rings is 2. The lowest BCUT2D eigenvalue weighted by Crippen LogP contribution is -2.38. The van der Waals surface area contributed by atoms with Crippen LogP contribution in [0.4, 0.5) is 17.1 Å². The fourth-order valence-electron chi connectivity index (χ4n) is 4.11. The van der Waals surface area contributed by atoms with Crippen molar-refractivity contribution < 1.29 is 19.2 Å². The third kappa shape index (κ3) is 3.98. The van der Waals surface area contributed by atoms with Crippen molar-refractivity contribution in [1.29, 1.82) is 0 Å². The van der Waals surface area contributed by atoms with Gasteiger partial charge in [0.05, 0.1) is 16.2 Å². The number of hydrogen-bond donors (Lipinski definition) is 0. The van der Waals surface area contributed by atoms with Gasteiger partial charge >= 0.3 is 5.97 Å². The highest BCUT2D eigenvalue weighted by Crippen LogP contribution is 2.30. The highest BCUT2D eigenvalue weighted by molar-refractivity contribution is 6.00. The van der Waals surface area contributed by atoms with Crippen LogP contribution in [0.5, 0.6) is 0 Å². The van der Waals surface area contributed by atoms with Crippen LogP contribution in [-0.4, -0.2) is 43.0 Å². The minimum atomic E-state index is -0.723. The minimum Gasteiger partial charge on any atom is -0.452 e.